The molecule has 10 nitrogen and oxygen atoms in total. The van der Waals surface area contributed by atoms with Gasteiger partial charge in [-0.1, -0.05) is 6.07 Å². The summed E-state index contributed by atoms with van der Waals surface area (Å²) >= 11 is 0. The molecule has 3 rings (SSSR count). The summed E-state index contributed by atoms with van der Waals surface area (Å²) in [6.45, 7) is 3.28. The van der Waals surface area contributed by atoms with Crippen LogP contribution in [0.5, 0.6) is 5.75 Å². The van der Waals surface area contributed by atoms with E-state index < -0.39 is 22.8 Å². The van der Waals surface area contributed by atoms with E-state index in [2.05, 4.69) is 15.3 Å². The zero-order valence-electron chi connectivity index (χ0n) is 15.6. The maximum absolute atomic E-state index is 11.2. The Balaban J connectivity index is 2.21. The molecular weight excluding hydrogens is 376 g/mol. The number of nitrogens with zero attached hydrogens (tertiary/aromatic N) is 5. The molecule has 0 spiro atoms. The number of aliphatic imine (C=N–C) groups is 1. The number of aromatic nitrogens is 1. The van der Waals surface area contributed by atoms with Crippen molar-refractivity contribution in [1.29, 1.82) is 10.5 Å². The molecule has 0 aliphatic carbocycles. The largest absolute Gasteiger partial charge is 0.485 e. The maximum Gasteiger partial charge on any atom is 0.295 e. The lowest BCUT2D eigenvalue weighted by Crippen LogP contribution is -2.51. The lowest BCUT2D eigenvalue weighted by atomic mass is 9.86. The Kier molecular flexibility index (Phi) is 5.28. The summed E-state index contributed by atoms with van der Waals surface area (Å²) in [5.41, 5.74) is 0.0175. The number of fused-ring (bicyclic) bond motifs is 1. The van der Waals surface area contributed by atoms with Gasteiger partial charge in [-0.15, -0.1) is 10.1 Å². The molecule has 1 N–H and O–H groups in total. The van der Waals surface area contributed by atoms with Crippen molar-refractivity contribution in [1.82, 2.24) is 10.3 Å². The molecule has 1 aliphatic rings. The Labute approximate surface area is 166 Å². The highest BCUT2D eigenvalue weighted by atomic mass is 17.0. The fourth-order valence-corrected chi connectivity index (χ4v) is 3.10. The predicted octanol–water partition coefficient (Wildman–Crippen LogP) is 2.26. The lowest BCUT2D eigenvalue weighted by molar-refractivity contribution is -0.773. The summed E-state index contributed by atoms with van der Waals surface area (Å²) in [6, 6.07) is 10.9. The molecular formula is C19H16N6O4. The van der Waals surface area contributed by atoms with Crippen molar-refractivity contribution in [2.24, 2.45) is 4.99 Å². The van der Waals surface area contributed by atoms with Crippen LogP contribution in [0, 0.1) is 32.9 Å². The third-order valence-corrected chi connectivity index (χ3v) is 4.35. The Morgan fingerprint density at radius 2 is 2.17 bits per heavy atom. The highest BCUT2D eigenvalue weighted by Crippen LogP contribution is 2.44. The minimum absolute atomic E-state index is 0.112. The number of benzene rings is 1. The van der Waals surface area contributed by atoms with Crippen LogP contribution >= 0.6 is 0 Å². The SMILES string of the molecule is CC1(C)Oc2ccc(C#N)cc2[C@@H](N=C(NC#N)c2ccccn2)[C@@H]1O[N+](=O)[O-]. The van der Waals surface area contributed by atoms with Gasteiger partial charge < -0.3 is 9.57 Å². The van der Waals surface area contributed by atoms with Crippen LogP contribution in [0.2, 0.25) is 0 Å². The second kappa shape index (κ2) is 7.82. The number of nitrogens with one attached hydrogen (secondary N) is 1. The summed E-state index contributed by atoms with van der Waals surface area (Å²) in [5.74, 6) is 0.532. The molecule has 1 aromatic carbocycles. The fraction of sp³-hybridized carbons (Fsp3) is 0.263. The number of hydrogen-bond acceptors (Lipinski definition) is 8. The first-order valence-corrected chi connectivity index (χ1v) is 8.54. The third kappa shape index (κ3) is 4.06. The van der Waals surface area contributed by atoms with Crippen LogP contribution in [0.15, 0.2) is 47.6 Å². The van der Waals surface area contributed by atoms with Crippen molar-refractivity contribution in [2.45, 2.75) is 31.6 Å². The smallest absolute Gasteiger partial charge is 0.295 e. The Hall–Kier alpha value is -4.18. The van der Waals surface area contributed by atoms with Gasteiger partial charge in [-0.05, 0) is 44.2 Å². The van der Waals surface area contributed by atoms with Crippen LogP contribution in [0.1, 0.15) is 36.7 Å². The van der Waals surface area contributed by atoms with Gasteiger partial charge in [0.15, 0.2) is 18.1 Å². The molecule has 0 bridgehead atoms. The van der Waals surface area contributed by atoms with Gasteiger partial charge in [0.05, 0.1) is 11.6 Å². The normalized spacial score (nSPS) is 19.7. The molecule has 1 aliphatic heterocycles. The highest BCUT2D eigenvalue weighted by Gasteiger charge is 2.47. The van der Waals surface area contributed by atoms with Crippen molar-refractivity contribution in [3.8, 4) is 18.0 Å². The van der Waals surface area contributed by atoms with E-state index >= 15 is 0 Å². The number of nitriles is 2. The van der Waals surface area contributed by atoms with E-state index in [9.17, 15) is 15.4 Å². The summed E-state index contributed by atoms with van der Waals surface area (Å²) in [6.07, 6.45) is 2.19. The predicted molar refractivity (Wildman–Crippen MR) is 100.0 cm³/mol. The molecule has 2 heterocycles. The van der Waals surface area contributed by atoms with E-state index in [-0.39, 0.29) is 5.84 Å². The summed E-state index contributed by atoms with van der Waals surface area (Å²) in [4.78, 5) is 24.8. The third-order valence-electron chi connectivity index (χ3n) is 4.35. The van der Waals surface area contributed by atoms with Gasteiger partial charge in [-0.3, -0.25) is 15.3 Å². The average molecular weight is 392 g/mol. The number of amidine groups is 1. The summed E-state index contributed by atoms with van der Waals surface area (Å²) in [7, 11) is 0. The first-order valence-electron chi connectivity index (χ1n) is 8.54. The molecule has 0 fully saturated rings. The Morgan fingerprint density at radius 1 is 1.38 bits per heavy atom. The number of pyridine rings is 1. The topological polar surface area (TPSA) is 146 Å². The molecule has 0 radical (unpaired) electrons. The Morgan fingerprint density at radius 3 is 2.79 bits per heavy atom. The fourth-order valence-electron chi connectivity index (χ4n) is 3.10. The average Bonchev–Trinajstić information content (AvgIpc) is 2.69. The van der Waals surface area contributed by atoms with E-state index in [0.29, 0.717) is 22.6 Å². The van der Waals surface area contributed by atoms with Gasteiger partial charge in [0, 0.05) is 11.8 Å². The molecule has 146 valence electrons. The molecule has 0 saturated heterocycles. The molecule has 29 heavy (non-hydrogen) atoms. The van der Waals surface area contributed by atoms with Gasteiger partial charge in [0.2, 0.25) is 0 Å². The van der Waals surface area contributed by atoms with E-state index in [1.54, 1.807) is 50.4 Å². The van der Waals surface area contributed by atoms with E-state index in [1.807, 2.05) is 6.07 Å². The minimum atomic E-state index is -1.14. The second-order valence-electron chi connectivity index (χ2n) is 6.69. The first kappa shape index (κ1) is 19.6. The molecule has 0 saturated carbocycles. The monoisotopic (exact) mass is 392 g/mol. The van der Waals surface area contributed by atoms with Gasteiger partial charge in [0.1, 0.15) is 23.1 Å². The van der Waals surface area contributed by atoms with Crippen LogP contribution in [-0.4, -0.2) is 27.6 Å². The van der Waals surface area contributed by atoms with Gasteiger partial charge in [0.25, 0.3) is 5.09 Å². The number of rotatable bonds is 4. The zero-order chi connectivity index (χ0) is 21.0. The molecule has 2 atom stereocenters. The van der Waals surface area contributed by atoms with Crippen molar-refractivity contribution in [3.05, 3.63) is 69.5 Å². The van der Waals surface area contributed by atoms with Crippen LogP contribution < -0.4 is 10.1 Å². The van der Waals surface area contributed by atoms with Crippen molar-refractivity contribution < 1.29 is 14.7 Å². The van der Waals surface area contributed by atoms with Crippen molar-refractivity contribution >= 4 is 5.84 Å². The van der Waals surface area contributed by atoms with E-state index in [1.165, 1.54) is 12.3 Å². The second-order valence-corrected chi connectivity index (χ2v) is 6.69. The number of hydrogen-bond donors (Lipinski definition) is 1. The van der Waals surface area contributed by atoms with Gasteiger partial charge in [-0.25, -0.2) is 0 Å². The zero-order valence-corrected chi connectivity index (χ0v) is 15.6. The van der Waals surface area contributed by atoms with Gasteiger partial charge >= 0.3 is 0 Å². The van der Waals surface area contributed by atoms with Crippen LogP contribution in [0.4, 0.5) is 0 Å². The summed E-state index contributed by atoms with van der Waals surface area (Å²) in [5, 5.41) is 31.1. The first-order chi connectivity index (χ1) is 13.9. The van der Waals surface area contributed by atoms with Gasteiger partial charge in [-0.2, -0.15) is 10.5 Å². The summed E-state index contributed by atoms with van der Waals surface area (Å²) < 4.78 is 5.90. The molecule has 10 heteroatoms. The highest BCUT2D eigenvalue weighted by molar-refractivity contribution is 5.98. The lowest BCUT2D eigenvalue weighted by Gasteiger charge is -2.41. The molecule has 2 aromatic rings. The Bertz CT molecular complexity index is 1040. The minimum Gasteiger partial charge on any atom is -0.485 e. The quantitative estimate of drug-likeness (QED) is 0.208. The molecule has 1 aromatic heterocycles. The van der Waals surface area contributed by atoms with Crippen LogP contribution in [0.25, 0.3) is 0 Å². The van der Waals surface area contributed by atoms with E-state index in [4.69, 9.17) is 14.8 Å². The molecule has 0 amide bonds. The molecule has 0 unspecified atom stereocenters. The van der Waals surface area contributed by atoms with Crippen molar-refractivity contribution in [3.63, 3.8) is 0 Å². The maximum atomic E-state index is 11.2. The van der Waals surface area contributed by atoms with Crippen LogP contribution in [-0.2, 0) is 4.84 Å². The van der Waals surface area contributed by atoms with E-state index in [0.717, 1.165) is 0 Å². The number of ether oxygens (including phenoxy) is 1. The van der Waals surface area contributed by atoms with Crippen molar-refractivity contribution in [2.75, 3.05) is 0 Å². The van der Waals surface area contributed by atoms with Crippen LogP contribution in [0.3, 0.4) is 0 Å². The standard InChI is InChI=1S/C19H16N6O4/c1-19(2)17(29-25(26)27)16(13-9-12(10-20)6-7-15(13)28-19)24-18(23-11-21)14-5-3-4-8-22-14/h3-9,16-17H,1-2H3,(H,23,24)/t16-,17+/m1/s1.